The van der Waals surface area contributed by atoms with Crippen LogP contribution in [0.15, 0.2) is 35.6 Å². The number of phenolic OH excluding ortho intramolecular Hbond substituents is 1. The number of nitrogens with one attached hydrogen (secondary N) is 1. The van der Waals surface area contributed by atoms with Gasteiger partial charge in [0.1, 0.15) is 11.5 Å². The summed E-state index contributed by atoms with van der Waals surface area (Å²) >= 11 is 0. The number of amides is 2. The number of aromatic hydroxyl groups is 1. The van der Waals surface area contributed by atoms with Gasteiger partial charge in [-0.25, -0.2) is 0 Å². The van der Waals surface area contributed by atoms with Crippen molar-refractivity contribution in [2.24, 2.45) is 0 Å². The van der Waals surface area contributed by atoms with E-state index in [1.54, 1.807) is 31.4 Å². The number of carbonyl (C=O) groups is 2. The quantitative estimate of drug-likeness (QED) is 0.764. The van der Waals surface area contributed by atoms with Crippen LogP contribution < -0.4 is 5.32 Å². The third-order valence-electron chi connectivity index (χ3n) is 5.11. The van der Waals surface area contributed by atoms with Crippen LogP contribution in [0.4, 0.5) is 0 Å². The van der Waals surface area contributed by atoms with E-state index in [0.29, 0.717) is 12.1 Å². The monoisotopic (exact) mass is 358 g/mol. The van der Waals surface area contributed by atoms with Crippen molar-refractivity contribution in [2.75, 3.05) is 20.2 Å². The highest BCUT2D eigenvalue weighted by molar-refractivity contribution is 5.86. The van der Waals surface area contributed by atoms with Crippen LogP contribution in [0, 0.1) is 0 Å². The molecule has 3 rings (SSSR count). The van der Waals surface area contributed by atoms with Crippen molar-refractivity contribution in [2.45, 2.75) is 44.6 Å². The maximum absolute atomic E-state index is 12.6. The molecule has 6 heteroatoms. The summed E-state index contributed by atoms with van der Waals surface area (Å²) in [4.78, 5) is 26.5. The van der Waals surface area contributed by atoms with Gasteiger partial charge >= 0.3 is 0 Å². The summed E-state index contributed by atoms with van der Waals surface area (Å²) in [6.07, 6.45) is 5.31. The minimum Gasteiger partial charge on any atom is -0.508 e. The maximum Gasteiger partial charge on any atom is 0.242 e. The van der Waals surface area contributed by atoms with Crippen molar-refractivity contribution in [1.82, 2.24) is 10.2 Å². The van der Waals surface area contributed by atoms with Crippen molar-refractivity contribution in [1.29, 1.82) is 0 Å². The summed E-state index contributed by atoms with van der Waals surface area (Å²) in [5.74, 6) is 0.769. The molecule has 6 nitrogen and oxygen atoms in total. The Labute approximate surface area is 153 Å². The lowest BCUT2D eigenvalue weighted by Crippen LogP contribution is -2.44. The van der Waals surface area contributed by atoms with Crippen LogP contribution in [-0.2, 0) is 20.7 Å². The van der Waals surface area contributed by atoms with Gasteiger partial charge in [0.05, 0.1) is 26.1 Å². The average Bonchev–Trinajstić information content (AvgIpc) is 3.05. The molecule has 2 aliphatic rings. The average molecular weight is 358 g/mol. The largest absolute Gasteiger partial charge is 0.508 e. The fraction of sp³-hybridized carbons (Fsp3) is 0.500. The molecular formula is C20H26N2O4. The van der Waals surface area contributed by atoms with Crippen molar-refractivity contribution in [3.63, 3.8) is 0 Å². The number of methoxy groups -OCH3 is 1. The van der Waals surface area contributed by atoms with Crippen LogP contribution in [0.25, 0.3) is 0 Å². The van der Waals surface area contributed by atoms with E-state index < -0.39 is 0 Å². The molecule has 0 spiro atoms. The Hall–Kier alpha value is -2.50. The molecule has 1 heterocycles. The van der Waals surface area contributed by atoms with Crippen LogP contribution in [0.1, 0.15) is 37.7 Å². The molecule has 1 aliphatic carbocycles. The summed E-state index contributed by atoms with van der Waals surface area (Å²) in [5, 5.41) is 12.1. The Balaban J connectivity index is 1.54. The van der Waals surface area contributed by atoms with Gasteiger partial charge < -0.3 is 20.1 Å². The number of hydrogen-bond acceptors (Lipinski definition) is 4. The van der Waals surface area contributed by atoms with E-state index in [4.69, 9.17) is 4.74 Å². The molecular weight excluding hydrogens is 332 g/mol. The Morgan fingerprint density at radius 2 is 2.12 bits per heavy atom. The molecule has 0 aromatic heterocycles. The first-order chi connectivity index (χ1) is 12.6. The first kappa shape index (κ1) is 18.3. The second-order valence-electron chi connectivity index (χ2n) is 6.89. The lowest BCUT2D eigenvalue weighted by Gasteiger charge is -2.30. The van der Waals surface area contributed by atoms with Gasteiger partial charge in [-0.3, -0.25) is 9.59 Å². The number of allylic oxidation sites excluding steroid dienone is 1. The molecule has 26 heavy (non-hydrogen) atoms. The van der Waals surface area contributed by atoms with Crippen LogP contribution in [0.5, 0.6) is 5.75 Å². The minimum atomic E-state index is -0.232. The third-order valence-corrected chi connectivity index (χ3v) is 5.11. The van der Waals surface area contributed by atoms with E-state index in [1.165, 1.54) is 12.0 Å². The van der Waals surface area contributed by atoms with Gasteiger partial charge in [-0.05, 0) is 55.4 Å². The Morgan fingerprint density at radius 1 is 1.31 bits per heavy atom. The number of rotatable bonds is 6. The van der Waals surface area contributed by atoms with E-state index in [2.05, 4.69) is 5.32 Å². The van der Waals surface area contributed by atoms with E-state index >= 15 is 0 Å². The zero-order valence-corrected chi connectivity index (χ0v) is 15.2. The second kappa shape index (κ2) is 8.25. The molecule has 0 bridgehead atoms. The maximum atomic E-state index is 12.6. The Bertz CT molecular complexity index is 708. The third kappa shape index (κ3) is 4.18. The lowest BCUT2D eigenvalue weighted by molar-refractivity contribution is -0.133. The number of likely N-dealkylation sites (tertiary alicyclic amines) is 1. The molecule has 1 aliphatic heterocycles. The SMILES string of the molecule is COC(=C1CCC1)C1CCCN1C(=O)CNC(=O)Cc1cccc(O)c1. The second-order valence-corrected chi connectivity index (χ2v) is 6.89. The van der Waals surface area contributed by atoms with Crippen molar-refractivity contribution in [3.8, 4) is 5.75 Å². The molecule has 1 aromatic rings. The van der Waals surface area contributed by atoms with Gasteiger partial charge in [-0.2, -0.15) is 0 Å². The van der Waals surface area contributed by atoms with Gasteiger partial charge in [0.25, 0.3) is 0 Å². The molecule has 1 atom stereocenters. The first-order valence-corrected chi connectivity index (χ1v) is 9.18. The van der Waals surface area contributed by atoms with Gasteiger partial charge in [0, 0.05) is 6.54 Å². The molecule has 1 saturated heterocycles. The van der Waals surface area contributed by atoms with Crippen LogP contribution in [-0.4, -0.2) is 48.1 Å². The number of hydrogen-bond donors (Lipinski definition) is 2. The van der Waals surface area contributed by atoms with Crippen LogP contribution in [0.2, 0.25) is 0 Å². The standard InChI is InChI=1S/C20H26N2O4/c1-26-20(15-6-3-7-15)17-9-4-10-22(17)19(25)13-21-18(24)12-14-5-2-8-16(23)11-14/h2,5,8,11,17,23H,3-4,6-7,9-10,12-13H2,1H3,(H,21,24). The molecule has 2 fully saturated rings. The molecule has 1 unspecified atom stereocenters. The van der Waals surface area contributed by atoms with Crippen molar-refractivity contribution >= 4 is 11.8 Å². The zero-order chi connectivity index (χ0) is 18.5. The van der Waals surface area contributed by atoms with Crippen LogP contribution >= 0.6 is 0 Å². The van der Waals surface area contributed by atoms with E-state index in [1.807, 2.05) is 4.90 Å². The normalized spacial score (nSPS) is 19.0. The van der Waals surface area contributed by atoms with E-state index in [9.17, 15) is 14.7 Å². The highest BCUT2D eigenvalue weighted by atomic mass is 16.5. The Kier molecular flexibility index (Phi) is 5.81. The number of ether oxygens (including phenoxy) is 1. The highest BCUT2D eigenvalue weighted by Crippen LogP contribution is 2.35. The van der Waals surface area contributed by atoms with Crippen molar-refractivity contribution in [3.05, 3.63) is 41.2 Å². The molecule has 0 radical (unpaired) electrons. The summed E-state index contributed by atoms with van der Waals surface area (Å²) in [6, 6.07) is 6.58. The summed E-state index contributed by atoms with van der Waals surface area (Å²) in [6.45, 7) is 0.687. The fourth-order valence-corrected chi connectivity index (χ4v) is 3.64. The van der Waals surface area contributed by atoms with Gasteiger partial charge in [-0.15, -0.1) is 0 Å². The summed E-state index contributed by atoms with van der Waals surface area (Å²) < 4.78 is 5.61. The Morgan fingerprint density at radius 3 is 2.77 bits per heavy atom. The number of phenols is 1. The summed E-state index contributed by atoms with van der Waals surface area (Å²) in [5.41, 5.74) is 2.04. The lowest BCUT2D eigenvalue weighted by atomic mass is 9.89. The molecule has 1 aromatic carbocycles. The number of carbonyl (C=O) groups excluding carboxylic acids is 2. The topological polar surface area (TPSA) is 78.9 Å². The highest BCUT2D eigenvalue weighted by Gasteiger charge is 2.34. The minimum absolute atomic E-state index is 0.00534. The zero-order valence-electron chi connectivity index (χ0n) is 15.2. The number of nitrogens with zero attached hydrogens (tertiary/aromatic N) is 1. The molecule has 2 N–H and O–H groups in total. The van der Waals surface area contributed by atoms with Gasteiger partial charge in [0.2, 0.25) is 11.8 Å². The molecule has 1 saturated carbocycles. The molecule has 140 valence electrons. The van der Waals surface area contributed by atoms with Gasteiger partial charge in [0.15, 0.2) is 0 Å². The van der Waals surface area contributed by atoms with Gasteiger partial charge in [-0.1, -0.05) is 12.1 Å². The van der Waals surface area contributed by atoms with Crippen molar-refractivity contribution < 1.29 is 19.4 Å². The predicted octanol–water partition coefficient (Wildman–Crippen LogP) is 2.13. The summed E-state index contributed by atoms with van der Waals surface area (Å²) in [7, 11) is 1.68. The molecule has 2 amide bonds. The predicted molar refractivity (Wildman–Crippen MR) is 97.4 cm³/mol. The first-order valence-electron chi connectivity index (χ1n) is 9.18. The smallest absolute Gasteiger partial charge is 0.242 e. The number of benzene rings is 1. The fourth-order valence-electron chi connectivity index (χ4n) is 3.64. The van der Waals surface area contributed by atoms with Crippen LogP contribution in [0.3, 0.4) is 0 Å². The van der Waals surface area contributed by atoms with E-state index in [-0.39, 0.29) is 36.6 Å². The van der Waals surface area contributed by atoms with E-state index in [0.717, 1.165) is 31.4 Å².